The Bertz CT molecular complexity index is 620. The zero-order valence-electron chi connectivity index (χ0n) is 12.4. The molecule has 1 aromatic carbocycles. The van der Waals surface area contributed by atoms with E-state index in [-0.39, 0.29) is 0 Å². The van der Waals surface area contributed by atoms with Gasteiger partial charge in [0.25, 0.3) is 0 Å². The van der Waals surface area contributed by atoms with Crippen LogP contribution in [0.3, 0.4) is 0 Å². The molecule has 0 radical (unpaired) electrons. The number of nitriles is 1. The number of hydrogen-bond acceptors (Lipinski definition) is 4. The van der Waals surface area contributed by atoms with E-state index in [1.807, 2.05) is 36.7 Å². The van der Waals surface area contributed by atoms with Gasteiger partial charge in [-0.3, -0.25) is 4.98 Å². The molecular weight excluding hydrogens is 262 g/mol. The molecule has 0 bridgehead atoms. The van der Waals surface area contributed by atoms with Gasteiger partial charge in [0.2, 0.25) is 0 Å². The normalized spacial score (nSPS) is 10.4. The topological polar surface area (TPSA) is 49.1 Å². The summed E-state index contributed by atoms with van der Waals surface area (Å²) in [5, 5.41) is 9.00. The molecular formula is C17H19N3O. The van der Waals surface area contributed by atoms with E-state index < -0.39 is 0 Å². The van der Waals surface area contributed by atoms with Crippen LogP contribution in [0.1, 0.15) is 16.7 Å². The first kappa shape index (κ1) is 15.0. The SMILES string of the molecule is COc1ccc(C#N)cc1CN(C)CCc1ccncc1. The van der Waals surface area contributed by atoms with Crippen LogP contribution in [0.4, 0.5) is 0 Å². The third kappa shape index (κ3) is 4.30. The second kappa shape index (κ2) is 7.41. The first-order valence-electron chi connectivity index (χ1n) is 6.87. The van der Waals surface area contributed by atoms with E-state index in [4.69, 9.17) is 10.00 Å². The van der Waals surface area contributed by atoms with Crippen molar-refractivity contribution >= 4 is 0 Å². The summed E-state index contributed by atoms with van der Waals surface area (Å²) in [5.74, 6) is 0.824. The van der Waals surface area contributed by atoms with Gasteiger partial charge < -0.3 is 9.64 Å². The molecule has 108 valence electrons. The molecule has 0 aliphatic rings. The van der Waals surface area contributed by atoms with E-state index >= 15 is 0 Å². The number of hydrogen-bond donors (Lipinski definition) is 0. The molecule has 4 heteroatoms. The largest absolute Gasteiger partial charge is 0.496 e. The molecule has 0 aliphatic heterocycles. The van der Waals surface area contributed by atoms with Gasteiger partial charge in [0.1, 0.15) is 5.75 Å². The number of likely N-dealkylation sites (N-methyl/N-ethyl adjacent to an activating group) is 1. The van der Waals surface area contributed by atoms with Gasteiger partial charge in [-0.1, -0.05) is 0 Å². The molecule has 0 saturated heterocycles. The van der Waals surface area contributed by atoms with E-state index in [9.17, 15) is 0 Å². The highest BCUT2D eigenvalue weighted by Gasteiger charge is 2.08. The highest BCUT2D eigenvalue weighted by molar-refractivity contribution is 5.42. The fraction of sp³-hybridized carbons (Fsp3) is 0.294. The molecule has 21 heavy (non-hydrogen) atoms. The number of methoxy groups -OCH3 is 1. The molecule has 1 heterocycles. The standard InChI is InChI=1S/C17H19N3O/c1-20(10-7-14-5-8-19-9-6-14)13-16-11-15(12-18)3-4-17(16)21-2/h3-6,8-9,11H,7,10,13H2,1-2H3. The molecule has 0 unspecified atom stereocenters. The minimum absolute atomic E-state index is 0.660. The summed E-state index contributed by atoms with van der Waals surface area (Å²) in [4.78, 5) is 6.24. The first-order chi connectivity index (χ1) is 10.2. The zero-order chi connectivity index (χ0) is 15.1. The summed E-state index contributed by atoms with van der Waals surface area (Å²) in [5.41, 5.74) is 2.97. The highest BCUT2D eigenvalue weighted by Crippen LogP contribution is 2.21. The van der Waals surface area contributed by atoms with Crippen molar-refractivity contribution in [2.24, 2.45) is 0 Å². The van der Waals surface area contributed by atoms with Crippen LogP contribution in [0.5, 0.6) is 5.75 Å². The summed E-state index contributed by atoms with van der Waals surface area (Å²) >= 11 is 0. The maximum atomic E-state index is 9.00. The van der Waals surface area contributed by atoms with Crippen molar-refractivity contribution in [1.82, 2.24) is 9.88 Å². The molecule has 0 fully saturated rings. The van der Waals surface area contributed by atoms with E-state index in [2.05, 4.69) is 23.0 Å². The van der Waals surface area contributed by atoms with Crippen molar-refractivity contribution in [3.05, 3.63) is 59.4 Å². The maximum Gasteiger partial charge on any atom is 0.123 e. The lowest BCUT2D eigenvalue weighted by Crippen LogP contribution is -2.21. The van der Waals surface area contributed by atoms with Gasteiger partial charge in [0, 0.05) is 31.0 Å². The predicted octanol–water partition coefficient (Wildman–Crippen LogP) is 2.64. The molecule has 0 atom stereocenters. The second-order valence-electron chi connectivity index (χ2n) is 4.98. The minimum Gasteiger partial charge on any atom is -0.496 e. The van der Waals surface area contributed by atoms with E-state index in [0.717, 1.165) is 30.8 Å². The molecule has 1 aromatic heterocycles. The Morgan fingerprint density at radius 3 is 2.67 bits per heavy atom. The van der Waals surface area contributed by atoms with Crippen LogP contribution < -0.4 is 4.74 Å². The van der Waals surface area contributed by atoms with Crippen LogP contribution in [0.15, 0.2) is 42.7 Å². The fourth-order valence-electron chi connectivity index (χ4n) is 2.21. The van der Waals surface area contributed by atoms with Crippen molar-refractivity contribution < 1.29 is 4.74 Å². The van der Waals surface area contributed by atoms with Crippen LogP contribution in [0.2, 0.25) is 0 Å². The highest BCUT2D eigenvalue weighted by atomic mass is 16.5. The summed E-state index contributed by atoms with van der Waals surface area (Å²) in [6.45, 7) is 1.69. The number of aromatic nitrogens is 1. The first-order valence-corrected chi connectivity index (χ1v) is 6.87. The Balaban J connectivity index is 1.99. The van der Waals surface area contributed by atoms with E-state index in [1.165, 1.54) is 5.56 Å². The van der Waals surface area contributed by atoms with Gasteiger partial charge >= 0.3 is 0 Å². The molecule has 0 N–H and O–H groups in total. The number of rotatable bonds is 6. The number of pyridine rings is 1. The van der Waals surface area contributed by atoms with Crippen molar-refractivity contribution in [2.45, 2.75) is 13.0 Å². The van der Waals surface area contributed by atoms with Gasteiger partial charge in [-0.25, -0.2) is 0 Å². The van der Waals surface area contributed by atoms with Crippen LogP contribution in [0, 0.1) is 11.3 Å². The van der Waals surface area contributed by atoms with Gasteiger partial charge in [-0.2, -0.15) is 5.26 Å². The Labute approximate surface area is 125 Å². The Kier molecular flexibility index (Phi) is 5.30. The molecule has 2 aromatic rings. The van der Waals surface area contributed by atoms with Crippen LogP contribution >= 0.6 is 0 Å². The predicted molar refractivity (Wildman–Crippen MR) is 82.0 cm³/mol. The lowest BCUT2D eigenvalue weighted by Gasteiger charge is -2.18. The third-order valence-electron chi connectivity index (χ3n) is 3.38. The van der Waals surface area contributed by atoms with Crippen molar-refractivity contribution in [2.75, 3.05) is 20.7 Å². The molecule has 0 amide bonds. The van der Waals surface area contributed by atoms with Crippen molar-refractivity contribution in [3.8, 4) is 11.8 Å². The second-order valence-corrected chi connectivity index (χ2v) is 4.98. The fourth-order valence-corrected chi connectivity index (χ4v) is 2.21. The number of nitrogens with zero attached hydrogens (tertiary/aromatic N) is 3. The zero-order valence-corrected chi connectivity index (χ0v) is 12.4. The maximum absolute atomic E-state index is 9.00. The van der Waals surface area contributed by atoms with Gasteiger partial charge in [0.05, 0.1) is 18.7 Å². The van der Waals surface area contributed by atoms with Gasteiger partial charge in [-0.15, -0.1) is 0 Å². The quantitative estimate of drug-likeness (QED) is 0.816. The smallest absolute Gasteiger partial charge is 0.123 e. The average Bonchev–Trinajstić information content (AvgIpc) is 2.54. The summed E-state index contributed by atoms with van der Waals surface area (Å²) in [6.07, 6.45) is 4.60. The Morgan fingerprint density at radius 2 is 2.00 bits per heavy atom. The average molecular weight is 281 g/mol. The van der Waals surface area contributed by atoms with Crippen molar-refractivity contribution in [3.63, 3.8) is 0 Å². The molecule has 0 saturated carbocycles. The van der Waals surface area contributed by atoms with Crippen LogP contribution in [0.25, 0.3) is 0 Å². The summed E-state index contributed by atoms with van der Waals surface area (Å²) < 4.78 is 5.36. The molecule has 2 rings (SSSR count). The Morgan fingerprint density at radius 1 is 1.24 bits per heavy atom. The minimum atomic E-state index is 0.660. The molecule has 4 nitrogen and oxygen atoms in total. The third-order valence-corrected chi connectivity index (χ3v) is 3.38. The number of ether oxygens (including phenoxy) is 1. The van der Waals surface area contributed by atoms with Crippen LogP contribution in [-0.4, -0.2) is 30.6 Å². The lowest BCUT2D eigenvalue weighted by atomic mass is 10.1. The van der Waals surface area contributed by atoms with Gasteiger partial charge in [-0.05, 0) is 49.4 Å². The monoisotopic (exact) mass is 281 g/mol. The summed E-state index contributed by atoms with van der Waals surface area (Å²) in [7, 11) is 3.72. The van der Waals surface area contributed by atoms with E-state index in [0.29, 0.717) is 5.56 Å². The summed E-state index contributed by atoms with van der Waals surface area (Å²) in [6, 6.07) is 11.8. The van der Waals surface area contributed by atoms with E-state index in [1.54, 1.807) is 13.2 Å². The number of benzene rings is 1. The van der Waals surface area contributed by atoms with Gasteiger partial charge in [0.15, 0.2) is 0 Å². The Hall–Kier alpha value is -2.38. The molecule has 0 aliphatic carbocycles. The van der Waals surface area contributed by atoms with Crippen LogP contribution in [-0.2, 0) is 13.0 Å². The molecule has 0 spiro atoms. The van der Waals surface area contributed by atoms with Crippen molar-refractivity contribution in [1.29, 1.82) is 5.26 Å². The lowest BCUT2D eigenvalue weighted by molar-refractivity contribution is 0.321.